The fraction of sp³-hybridized carbons (Fsp3) is 0.500. The van der Waals surface area contributed by atoms with Gasteiger partial charge in [-0.25, -0.2) is 4.79 Å². The van der Waals surface area contributed by atoms with Crippen molar-refractivity contribution in [3.05, 3.63) is 45.3 Å². The van der Waals surface area contributed by atoms with Crippen LogP contribution in [-0.4, -0.2) is 25.6 Å². The number of amides is 1. The summed E-state index contributed by atoms with van der Waals surface area (Å²) in [6, 6.07) is 5.85. The number of hydrogen-bond acceptors (Lipinski definition) is 5. The molecule has 2 aromatic rings. The van der Waals surface area contributed by atoms with Crippen molar-refractivity contribution in [3.8, 4) is 5.75 Å². The Morgan fingerprint density at radius 3 is 2.43 bits per heavy atom. The maximum Gasteiger partial charge on any atom is 0.341 e. The van der Waals surface area contributed by atoms with Crippen LogP contribution in [0.4, 0.5) is 5.00 Å². The van der Waals surface area contributed by atoms with Crippen LogP contribution in [0.3, 0.4) is 0 Å². The van der Waals surface area contributed by atoms with Gasteiger partial charge in [0, 0.05) is 4.88 Å². The average Bonchev–Trinajstić information content (AvgIpc) is 3.01. The van der Waals surface area contributed by atoms with Crippen LogP contribution in [0.25, 0.3) is 0 Å². The van der Waals surface area contributed by atoms with E-state index < -0.39 is 5.97 Å². The number of ether oxygens (including phenoxy) is 2. The van der Waals surface area contributed by atoms with Crippen LogP contribution < -0.4 is 10.1 Å². The first kappa shape index (κ1) is 22.3. The minimum absolute atomic E-state index is 0.114. The number of hydrogen-bond donors (Lipinski definition) is 1. The van der Waals surface area contributed by atoms with Crippen LogP contribution in [0.15, 0.2) is 18.2 Å². The summed E-state index contributed by atoms with van der Waals surface area (Å²) < 4.78 is 10.7. The number of aryl methyl sites for hydroxylation is 2. The summed E-state index contributed by atoms with van der Waals surface area (Å²) in [6.07, 6.45) is 2.77. The molecule has 3 rings (SSSR count). The van der Waals surface area contributed by atoms with Crippen molar-refractivity contribution < 1.29 is 19.1 Å². The van der Waals surface area contributed by atoms with E-state index in [1.54, 1.807) is 0 Å². The van der Waals surface area contributed by atoms with Gasteiger partial charge in [-0.15, -0.1) is 11.3 Å². The summed E-state index contributed by atoms with van der Waals surface area (Å²) in [4.78, 5) is 26.2. The highest BCUT2D eigenvalue weighted by molar-refractivity contribution is 7.17. The SMILES string of the molecule is COC(=O)c1c(NC(=O)COc2cc(C)cc(C)c2)sc2c1CCC(C(C)(C)C)C2. The Bertz CT molecular complexity index is 935. The van der Waals surface area contributed by atoms with Crippen molar-refractivity contribution in [3.63, 3.8) is 0 Å². The minimum Gasteiger partial charge on any atom is -0.484 e. The molecule has 5 nitrogen and oxygen atoms in total. The molecule has 0 saturated carbocycles. The molecule has 1 aliphatic rings. The summed E-state index contributed by atoms with van der Waals surface area (Å²) in [7, 11) is 1.38. The first-order valence-electron chi connectivity index (χ1n) is 10.3. The predicted molar refractivity (Wildman–Crippen MR) is 121 cm³/mol. The molecule has 30 heavy (non-hydrogen) atoms. The van der Waals surface area contributed by atoms with Gasteiger partial charge in [0.15, 0.2) is 6.61 Å². The summed E-state index contributed by atoms with van der Waals surface area (Å²) in [5.41, 5.74) is 3.90. The lowest BCUT2D eigenvalue weighted by molar-refractivity contribution is -0.118. The van der Waals surface area contributed by atoms with Gasteiger partial charge in [0.25, 0.3) is 5.91 Å². The van der Waals surface area contributed by atoms with Gasteiger partial charge in [0.05, 0.1) is 12.7 Å². The van der Waals surface area contributed by atoms with E-state index in [-0.39, 0.29) is 17.9 Å². The second-order valence-corrected chi connectivity index (χ2v) is 10.3. The van der Waals surface area contributed by atoms with Gasteiger partial charge in [-0.2, -0.15) is 0 Å². The van der Waals surface area contributed by atoms with E-state index in [1.807, 2.05) is 26.0 Å². The third-order valence-electron chi connectivity index (χ3n) is 5.70. The first-order valence-corrected chi connectivity index (χ1v) is 11.1. The summed E-state index contributed by atoms with van der Waals surface area (Å²) in [5, 5.41) is 3.45. The number of carbonyl (C=O) groups excluding carboxylic acids is 2. The second-order valence-electron chi connectivity index (χ2n) is 9.17. The third kappa shape index (κ3) is 5.04. The molecule has 0 aliphatic heterocycles. The molecule has 0 fully saturated rings. The molecule has 1 aliphatic carbocycles. The van der Waals surface area contributed by atoms with Gasteiger partial charge >= 0.3 is 5.97 Å². The molecule has 0 spiro atoms. The van der Waals surface area contributed by atoms with Crippen LogP contribution in [0, 0.1) is 25.2 Å². The Hall–Kier alpha value is -2.34. The number of methoxy groups -OCH3 is 1. The lowest BCUT2D eigenvalue weighted by atomic mass is 9.72. The minimum atomic E-state index is -0.396. The molecule has 1 aromatic heterocycles. The van der Waals surface area contributed by atoms with Crippen molar-refractivity contribution in [2.24, 2.45) is 11.3 Å². The van der Waals surface area contributed by atoms with Crippen molar-refractivity contribution in [1.82, 2.24) is 0 Å². The molecule has 1 N–H and O–H groups in total. The average molecular weight is 430 g/mol. The number of benzene rings is 1. The maximum atomic E-state index is 12.6. The predicted octanol–water partition coefficient (Wildman–Crippen LogP) is 5.32. The fourth-order valence-electron chi connectivity index (χ4n) is 4.06. The second kappa shape index (κ2) is 8.80. The van der Waals surface area contributed by atoms with Crippen LogP contribution in [0.2, 0.25) is 0 Å². The van der Waals surface area contributed by atoms with E-state index >= 15 is 0 Å². The summed E-state index contributed by atoms with van der Waals surface area (Å²) >= 11 is 1.49. The first-order chi connectivity index (χ1) is 14.1. The monoisotopic (exact) mass is 429 g/mol. The lowest BCUT2D eigenvalue weighted by Gasteiger charge is -2.33. The van der Waals surface area contributed by atoms with Crippen LogP contribution in [-0.2, 0) is 22.4 Å². The fourth-order valence-corrected chi connectivity index (χ4v) is 5.39. The Kier molecular flexibility index (Phi) is 6.56. The van der Waals surface area contributed by atoms with Crippen molar-refractivity contribution in [2.45, 2.75) is 53.9 Å². The topological polar surface area (TPSA) is 64.6 Å². The molecule has 0 bridgehead atoms. The molecule has 1 aromatic carbocycles. The molecule has 0 radical (unpaired) electrons. The third-order valence-corrected chi connectivity index (χ3v) is 6.87. The number of thiophene rings is 1. The Morgan fingerprint density at radius 1 is 1.17 bits per heavy atom. The molecule has 1 amide bonds. The van der Waals surface area contributed by atoms with Crippen LogP contribution in [0.5, 0.6) is 5.75 Å². The van der Waals surface area contributed by atoms with E-state index in [0.29, 0.717) is 22.2 Å². The highest BCUT2D eigenvalue weighted by atomic mass is 32.1. The van der Waals surface area contributed by atoms with Crippen molar-refractivity contribution in [1.29, 1.82) is 0 Å². The quantitative estimate of drug-likeness (QED) is 0.653. The summed E-state index contributed by atoms with van der Waals surface area (Å²) in [5.74, 6) is 0.525. The van der Waals surface area contributed by atoms with Crippen molar-refractivity contribution >= 4 is 28.2 Å². The molecular formula is C24H31NO4S. The molecule has 1 unspecified atom stereocenters. The van der Waals surface area contributed by atoms with Gasteiger partial charge in [0.1, 0.15) is 10.8 Å². The van der Waals surface area contributed by atoms with Crippen molar-refractivity contribution in [2.75, 3.05) is 19.0 Å². The van der Waals surface area contributed by atoms with Crippen LogP contribution in [0.1, 0.15) is 59.1 Å². The number of esters is 1. The molecule has 162 valence electrons. The number of fused-ring (bicyclic) bond motifs is 1. The molecule has 0 saturated heterocycles. The Labute approximate surface area is 182 Å². The van der Waals surface area contributed by atoms with Gasteiger partial charge in [-0.1, -0.05) is 26.8 Å². The van der Waals surface area contributed by atoms with E-state index in [2.05, 4.69) is 32.2 Å². The number of rotatable bonds is 5. The zero-order valence-electron chi connectivity index (χ0n) is 18.7. The number of anilines is 1. The van der Waals surface area contributed by atoms with E-state index in [4.69, 9.17) is 9.47 Å². The lowest BCUT2D eigenvalue weighted by Crippen LogP contribution is -2.26. The number of carbonyl (C=O) groups is 2. The maximum absolute atomic E-state index is 12.6. The zero-order chi connectivity index (χ0) is 22.1. The number of nitrogens with one attached hydrogen (secondary N) is 1. The standard InChI is InChI=1S/C24H31NO4S/c1-14-9-15(2)11-17(10-14)29-13-20(26)25-22-21(23(27)28-6)18-8-7-16(24(3,4)5)12-19(18)30-22/h9-11,16H,7-8,12-13H2,1-6H3,(H,25,26). The van der Waals surface area contributed by atoms with E-state index in [1.165, 1.54) is 23.3 Å². The van der Waals surface area contributed by atoms with Gasteiger partial charge in [-0.05, 0) is 73.3 Å². The van der Waals surface area contributed by atoms with Crippen LogP contribution >= 0.6 is 11.3 Å². The highest BCUT2D eigenvalue weighted by Gasteiger charge is 2.34. The smallest absolute Gasteiger partial charge is 0.341 e. The van der Waals surface area contributed by atoms with Gasteiger partial charge in [0.2, 0.25) is 0 Å². The molecule has 1 atom stereocenters. The molecule has 1 heterocycles. The Morgan fingerprint density at radius 2 is 1.83 bits per heavy atom. The van der Waals surface area contributed by atoms with Gasteiger partial charge < -0.3 is 14.8 Å². The summed E-state index contributed by atoms with van der Waals surface area (Å²) in [6.45, 7) is 10.6. The largest absolute Gasteiger partial charge is 0.484 e. The van der Waals surface area contributed by atoms with Gasteiger partial charge in [-0.3, -0.25) is 4.79 Å². The van der Waals surface area contributed by atoms with E-state index in [0.717, 1.165) is 36.0 Å². The Balaban J connectivity index is 1.77. The molecule has 6 heteroatoms. The normalized spacial score (nSPS) is 16.0. The van der Waals surface area contributed by atoms with E-state index in [9.17, 15) is 9.59 Å². The zero-order valence-corrected chi connectivity index (χ0v) is 19.5. The molecular weight excluding hydrogens is 398 g/mol. The highest BCUT2D eigenvalue weighted by Crippen LogP contribution is 2.44.